The highest BCUT2D eigenvalue weighted by atomic mass is 16.5. The second kappa shape index (κ2) is 7.37. The third-order valence-corrected chi connectivity index (χ3v) is 8.90. The van der Waals surface area contributed by atoms with E-state index in [1.165, 1.54) is 0 Å². The Kier molecular flexibility index (Phi) is 4.68. The van der Waals surface area contributed by atoms with Crippen molar-refractivity contribution < 1.29 is 19.4 Å². The second-order valence-corrected chi connectivity index (χ2v) is 11.1. The summed E-state index contributed by atoms with van der Waals surface area (Å²) in [7, 11) is 0. The predicted octanol–water partition coefficient (Wildman–Crippen LogP) is 2.81. The van der Waals surface area contributed by atoms with Gasteiger partial charge in [-0.3, -0.25) is 4.79 Å². The first-order valence-corrected chi connectivity index (χ1v) is 12.2. The van der Waals surface area contributed by atoms with E-state index in [4.69, 9.17) is 10.5 Å². The number of hydrogen-bond donors (Lipinski definition) is 3. The number of carbonyl (C=O) groups excluding carboxylic acids is 2. The van der Waals surface area contributed by atoms with Crippen molar-refractivity contribution in [2.24, 2.45) is 23.5 Å². The van der Waals surface area contributed by atoms with Gasteiger partial charge >= 0.3 is 6.03 Å². The summed E-state index contributed by atoms with van der Waals surface area (Å²) in [5, 5.41) is 14.3. The molecule has 0 spiro atoms. The summed E-state index contributed by atoms with van der Waals surface area (Å²) in [6.45, 7) is 0. The quantitative estimate of drug-likeness (QED) is 0.671. The van der Waals surface area contributed by atoms with Crippen LogP contribution in [0.3, 0.4) is 0 Å². The lowest BCUT2D eigenvalue weighted by molar-refractivity contribution is -0.137. The van der Waals surface area contributed by atoms with Crippen LogP contribution in [-0.4, -0.2) is 51.8 Å². The predicted molar refractivity (Wildman–Crippen MR) is 118 cm³/mol. The van der Waals surface area contributed by atoms with Crippen LogP contribution in [0, 0.1) is 17.8 Å². The van der Waals surface area contributed by atoms with Crippen molar-refractivity contribution in [2.45, 2.75) is 87.6 Å². The lowest BCUT2D eigenvalue weighted by atomic mass is 9.52. The fourth-order valence-corrected chi connectivity index (χ4v) is 7.88. The van der Waals surface area contributed by atoms with Crippen LogP contribution in [-0.2, 0) is 0 Å². The Morgan fingerprint density at radius 3 is 2.19 bits per heavy atom. The number of rotatable bonds is 4. The topological polar surface area (TPSA) is 105 Å². The fraction of sp³-hybridized carbons (Fsp3) is 0.680. The van der Waals surface area contributed by atoms with E-state index in [1.807, 2.05) is 0 Å². The number of piperidine rings is 1. The van der Waals surface area contributed by atoms with Gasteiger partial charge in [0, 0.05) is 36.5 Å². The van der Waals surface area contributed by atoms with Crippen molar-refractivity contribution in [3.63, 3.8) is 0 Å². The summed E-state index contributed by atoms with van der Waals surface area (Å²) in [6.07, 6.45) is 8.76. The lowest BCUT2D eigenvalue weighted by Crippen LogP contribution is -2.64. The third kappa shape index (κ3) is 3.45. The number of carbonyl (C=O) groups is 2. The molecule has 7 nitrogen and oxygen atoms in total. The first kappa shape index (κ1) is 20.3. The number of nitrogens with one attached hydrogen (secondary N) is 1. The summed E-state index contributed by atoms with van der Waals surface area (Å²) in [4.78, 5) is 26.7. The van der Waals surface area contributed by atoms with Gasteiger partial charge in [0.05, 0.1) is 5.60 Å². The first-order chi connectivity index (χ1) is 15.4. The van der Waals surface area contributed by atoms with E-state index in [-0.39, 0.29) is 30.3 Å². The van der Waals surface area contributed by atoms with Crippen LogP contribution < -0.4 is 15.8 Å². The van der Waals surface area contributed by atoms with Gasteiger partial charge in [-0.25, -0.2) is 4.79 Å². The Hall–Kier alpha value is -2.28. The maximum atomic E-state index is 13.4. The van der Waals surface area contributed by atoms with Gasteiger partial charge in [-0.2, -0.15) is 0 Å². The van der Waals surface area contributed by atoms with E-state index in [0.717, 1.165) is 63.5 Å². The van der Waals surface area contributed by atoms with E-state index in [2.05, 4.69) is 10.2 Å². The zero-order chi connectivity index (χ0) is 22.0. The molecule has 0 radical (unpaired) electrons. The number of nitrogens with two attached hydrogens (primary N) is 1. The van der Waals surface area contributed by atoms with Crippen molar-refractivity contribution in [3.05, 3.63) is 29.8 Å². The summed E-state index contributed by atoms with van der Waals surface area (Å²) in [5.74, 6) is 1.80. The molecule has 2 heterocycles. The molecule has 172 valence electrons. The van der Waals surface area contributed by atoms with Crippen molar-refractivity contribution in [1.29, 1.82) is 0 Å². The van der Waals surface area contributed by atoms with Gasteiger partial charge in [-0.1, -0.05) is 0 Å². The van der Waals surface area contributed by atoms with E-state index < -0.39 is 11.5 Å². The molecule has 32 heavy (non-hydrogen) atoms. The standard InChI is InChI=1S/C25H33N3O4/c26-23(29)15-1-5-20(6-2-15)32-21-9-18-3-4-19(10-21)28(18)24(30)27-22-16-7-14-8-17(22)13-25(31,11-14)12-16/h1-2,5-6,14,16-19,21-22,31H,3-4,7-13H2,(H2,26,29)(H,27,30)/t14?,16?,17?,18-,19+,21+,22-,25-. The number of fused-ring (bicyclic) bond motifs is 2. The Bertz CT molecular complexity index is 888. The number of aliphatic hydroxyl groups is 1. The van der Waals surface area contributed by atoms with Crippen LogP contribution in [0.1, 0.15) is 68.1 Å². The van der Waals surface area contributed by atoms with Gasteiger partial charge in [0.2, 0.25) is 5.91 Å². The molecule has 5 atom stereocenters. The highest BCUT2D eigenvalue weighted by Gasteiger charge is 2.55. The van der Waals surface area contributed by atoms with Crippen molar-refractivity contribution in [2.75, 3.05) is 0 Å². The molecular formula is C25H33N3O4. The van der Waals surface area contributed by atoms with E-state index in [1.54, 1.807) is 24.3 Å². The van der Waals surface area contributed by atoms with Crippen LogP contribution in [0.25, 0.3) is 0 Å². The lowest BCUT2D eigenvalue weighted by Gasteiger charge is -2.58. The summed E-state index contributed by atoms with van der Waals surface area (Å²) in [6, 6.07) is 7.70. The summed E-state index contributed by atoms with van der Waals surface area (Å²) < 4.78 is 6.20. The Labute approximate surface area is 188 Å². The van der Waals surface area contributed by atoms with Gasteiger partial charge in [0.15, 0.2) is 0 Å². The Morgan fingerprint density at radius 1 is 1.00 bits per heavy atom. The highest BCUT2D eigenvalue weighted by Crippen LogP contribution is 2.55. The highest BCUT2D eigenvalue weighted by molar-refractivity contribution is 5.92. The minimum Gasteiger partial charge on any atom is -0.490 e. The van der Waals surface area contributed by atoms with Crippen LogP contribution in [0.4, 0.5) is 4.79 Å². The molecule has 1 aromatic rings. The van der Waals surface area contributed by atoms with Crippen LogP contribution in [0.2, 0.25) is 0 Å². The maximum Gasteiger partial charge on any atom is 0.318 e. The average molecular weight is 440 g/mol. The molecule has 6 aliphatic rings. The van der Waals surface area contributed by atoms with Gasteiger partial charge in [-0.05, 0) is 87.0 Å². The Morgan fingerprint density at radius 2 is 1.62 bits per heavy atom. The average Bonchev–Trinajstić information content (AvgIpc) is 3.00. The zero-order valence-electron chi connectivity index (χ0n) is 18.4. The molecule has 6 bridgehead atoms. The number of amides is 3. The maximum absolute atomic E-state index is 13.4. The third-order valence-electron chi connectivity index (χ3n) is 8.90. The Balaban J connectivity index is 1.08. The number of benzene rings is 1. The normalized spacial score (nSPS) is 41.5. The largest absolute Gasteiger partial charge is 0.490 e. The smallest absolute Gasteiger partial charge is 0.318 e. The van der Waals surface area contributed by atoms with Gasteiger partial charge in [0.1, 0.15) is 11.9 Å². The van der Waals surface area contributed by atoms with E-state index in [9.17, 15) is 14.7 Å². The van der Waals surface area contributed by atoms with Crippen molar-refractivity contribution in [3.8, 4) is 5.75 Å². The molecule has 2 unspecified atom stereocenters. The van der Waals surface area contributed by atoms with Crippen molar-refractivity contribution >= 4 is 11.9 Å². The number of nitrogens with zero attached hydrogens (tertiary/aromatic N) is 1. The molecule has 2 saturated heterocycles. The second-order valence-electron chi connectivity index (χ2n) is 11.1. The zero-order valence-corrected chi connectivity index (χ0v) is 18.4. The van der Waals surface area contributed by atoms with Gasteiger partial charge < -0.3 is 25.8 Å². The molecule has 4 saturated carbocycles. The van der Waals surface area contributed by atoms with Gasteiger partial charge in [-0.15, -0.1) is 0 Å². The monoisotopic (exact) mass is 439 g/mol. The molecule has 7 heteroatoms. The van der Waals surface area contributed by atoms with Crippen LogP contribution in [0.15, 0.2) is 24.3 Å². The minimum absolute atomic E-state index is 0.0754. The molecular weight excluding hydrogens is 406 g/mol. The SMILES string of the molecule is NC(=O)c1ccc(O[C@H]2C[C@H]3CC[C@@H](C2)N3C(=O)N[C@H]2C3CC4CC2C[C@](O)(C4)C3)cc1. The van der Waals surface area contributed by atoms with Crippen LogP contribution >= 0.6 is 0 Å². The molecule has 4 aliphatic carbocycles. The first-order valence-electron chi connectivity index (χ1n) is 12.2. The molecule has 3 amide bonds. The number of ether oxygens (including phenoxy) is 1. The molecule has 7 rings (SSSR count). The van der Waals surface area contributed by atoms with Gasteiger partial charge in [0.25, 0.3) is 0 Å². The molecule has 0 aromatic heterocycles. The fourth-order valence-electron chi connectivity index (χ4n) is 7.88. The minimum atomic E-state index is -0.470. The summed E-state index contributed by atoms with van der Waals surface area (Å²) >= 11 is 0. The van der Waals surface area contributed by atoms with E-state index in [0.29, 0.717) is 23.3 Å². The van der Waals surface area contributed by atoms with E-state index >= 15 is 0 Å². The summed E-state index contributed by atoms with van der Waals surface area (Å²) in [5.41, 5.74) is 5.32. The number of urea groups is 1. The van der Waals surface area contributed by atoms with Crippen molar-refractivity contribution in [1.82, 2.24) is 10.2 Å². The number of primary amides is 1. The van der Waals surface area contributed by atoms with Crippen LogP contribution in [0.5, 0.6) is 5.75 Å². The molecule has 6 fully saturated rings. The molecule has 2 aliphatic heterocycles. The molecule has 4 N–H and O–H groups in total. The number of hydrogen-bond acceptors (Lipinski definition) is 4. The molecule has 1 aromatic carbocycles.